The molecule has 0 aliphatic rings. The zero-order valence-corrected chi connectivity index (χ0v) is 12.1. The van der Waals surface area contributed by atoms with Crippen LogP contribution in [0.15, 0.2) is 36.0 Å². The predicted molar refractivity (Wildman–Crippen MR) is 77.0 cm³/mol. The Morgan fingerprint density at radius 1 is 1.35 bits per heavy atom. The highest BCUT2D eigenvalue weighted by molar-refractivity contribution is 5.05. The first-order chi connectivity index (χ1) is 7.76. The van der Waals surface area contributed by atoms with Gasteiger partial charge in [-0.3, -0.25) is 0 Å². The number of rotatable bonds is 7. The van der Waals surface area contributed by atoms with Gasteiger partial charge in [0.05, 0.1) is 5.60 Å². The van der Waals surface area contributed by atoms with Gasteiger partial charge >= 0.3 is 0 Å². The fraction of sp³-hybridized carbons (Fsp3) is 0.625. The monoisotopic (exact) mass is 236 g/mol. The first kappa shape index (κ1) is 16.2. The van der Waals surface area contributed by atoms with E-state index in [4.69, 9.17) is 0 Å². The smallest absolute Gasteiger partial charge is 0.0802 e. The van der Waals surface area contributed by atoms with Crippen molar-refractivity contribution in [1.82, 2.24) is 0 Å². The van der Waals surface area contributed by atoms with Crippen LogP contribution in [0.3, 0.4) is 0 Å². The molecule has 1 heteroatoms. The lowest BCUT2D eigenvalue weighted by atomic mass is 9.91. The van der Waals surface area contributed by atoms with E-state index in [-0.39, 0.29) is 0 Å². The third-order valence-electron chi connectivity index (χ3n) is 2.84. The Bertz CT molecular complexity index is 291. The number of hydrogen-bond acceptors (Lipinski definition) is 1. The molecule has 0 rings (SSSR count). The summed E-state index contributed by atoms with van der Waals surface area (Å²) in [6.45, 7) is 14.0. The molecule has 0 aliphatic carbocycles. The first-order valence-electron chi connectivity index (χ1n) is 6.43. The van der Waals surface area contributed by atoms with E-state index in [0.717, 1.165) is 19.3 Å². The molecule has 98 valence electrons. The molecule has 0 saturated carbocycles. The molecule has 0 bridgehead atoms. The van der Waals surface area contributed by atoms with Gasteiger partial charge in [-0.15, -0.1) is 6.58 Å². The number of allylic oxidation sites excluding steroid dienone is 4. The van der Waals surface area contributed by atoms with Gasteiger partial charge in [-0.1, -0.05) is 36.3 Å². The Morgan fingerprint density at radius 3 is 2.41 bits per heavy atom. The van der Waals surface area contributed by atoms with Gasteiger partial charge in [0.1, 0.15) is 0 Å². The molecule has 0 aromatic heterocycles. The molecular weight excluding hydrogens is 208 g/mol. The van der Waals surface area contributed by atoms with E-state index in [2.05, 4.69) is 46.4 Å². The predicted octanol–water partition coefficient (Wildman–Crippen LogP) is 4.64. The van der Waals surface area contributed by atoms with E-state index in [1.165, 1.54) is 11.1 Å². The summed E-state index contributed by atoms with van der Waals surface area (Å²) >= 11 is 0. The zero-order chi connectivity index (χ0) is 13.5. The summed E-state index contributed by atoms with van der Waals surface area (Å²) in [4.78, 5) is 0. The molecule has 0 saturated heterocycles. The molecule has 2 unspecified atom stereocenters. The highest BCUT2D eigenvalue weighted by atomic mass is 16.3. The van der Waals surface area contributed by atoms with Gasteiger partial charge in [0.2, 0.25) is 0 Å². The maximum Gasteiger partial charge on any atom is 0.0802 e. The van der Waals surface area contributed by atoms with Crippen LogP contribution in [0.5, 0.6) is 0 Å². The van der Waals surface area contributed by atoms with Crippen LogP contribution in [0.1, 0.15) is 53.9 Å². The summed E-state index contributed by atoms with van der Waals surface area (Å²) < 4.78 is 0. The van der Waals surface area contributed by atoms with E-state index in [1.54, 1.807) is 6.08 Å². The van der Waals surface area contributed by atoms with E-state index in [9.17, 15) is 5.11 Å². The van der Waals surface area contributed by atoms with Crippen molar-refractivity contribution in [1.29, 1.82) is 0 Å². The highest BCUT2D eigenvalue weighted by Crippen LogP contribution is 2.20. The van der Waals surface area contributed by atoms with E-state index >= 15 is 0 Å². The van der Waals surface area contributed by atoms with Crippen molar-refractivity contribution in [3.63, 3.8) is 0 Å². The second-order valence-electron chi connectivity index (χ2n) is 5.58. The lowest BCUT2D eigenvalue weighted by Crippen LogP contribution is -2.22. The number of aliphatic hydroxyl groups is 1. The second kappa shape index (κ2) is 7.50. The molecule has 0 amide bonds. The van der Waals surface area contributed by atoms with E-state index < -0.39 is 5.60 Å². The quantitative estimate of drug-likeness (QED) is 0.638. The van der Waals surface area contributed by atoms with Gasteiger partial charge < -0.3 is 5.11 Å². The lowest BCUT2D eigenvalue weighted by Gasteiger charge is -2.21. The van der Waals surface area contributed by atoms with Gasteiger partial charge in [0.25, 0.3) is 0 Å². The fourth-order valence-electron chi connectivity index (χ4n) is 1.95. The van der Waals surface area contributed by atoms with Crippen LogP contribution in [-0.2, 0) is 0 Å². The second-order valence-corrected chi connectivity index (χ2v) is 5.58. The topological polar surface area (TPSA) is 20.2 Å². The lowest BCUT2D eigenvalue weighted by molar-refractivity contribution is 0.0917. The molecule has 0 spiro atoms. The molecule has 0 fully saturated rings. The molecule has 0 radical (unpaired) electrons. The van der Waals surface area contributed by atoms with Crippen molar-refractivity contribution < 1.29 is 5.11 Å². The van der Waals surface area contributed by atoms with Crippen LogP contribution >= 0.6 is 0 Å². The van der Waals surface area contributed by atoms with Crippen molar-refractivity contribution in [2.45, 2.75) is 59.5 Å². The Kier molecular flexibility index (Phi) is 7.13. The Labute approximate surface area is 107 Å². The minimum absolute atomic E-state index is 0.384. The molecule has 0 aromatic carbocycles. The number of hydrogen-bond donors (Lipinski definition) is 1. The van der Waals surface area contributed by atoms with Crippen molar-refractivity contribution in [3.8, 4) is 0 Å². The third kappa shape index (κ3) is 8.93. The molecule has 0 heterocycles. The molecule has 1 N–H and O–H groups in total. The maximum atomic E-state index is 9.90. The summed E-state index contributed by atoms with van der Waals surface area (Å²) in [5, 5.41) is 9.90. The SMILES string of the molecule is C=CC(C)(O)CC(C)C=C(C)CCC=C(C)C. The Balaban J connectivity index is 4.19. The highest BCUT2D eigenvalue weighted by Gasteiger charge is 2.17. The molecule has 1 nitrogen and oxygen atoms in total. The van der Waals surface area contributed by atoms with Crippen LogP contribution in [0, 0.1) is 5.92 Å². The van der Waals surface area contributed by atoms with Crippen molar-refractivity contribution in [2.75, 3.05) is 0 Å². The minimum atomic E-state index is -0.754. The third-order valence-corrected chi connectivity index (χ3v) is 2.84. The molecular formula is C16H28O. The van der Waals surface area contributed by atoms with Crippen LogP contribution < -0.4 is 0 Å². The molecule has 17 heavy (non-hydrogen) atoms. The van der Waals surface area contributed by atoms with Gasteiger partial charge in [-0.2, -0.15) is 0 Å². The van der Waals surface area contributed by atoms with Crippen LogP contribution in [0.2, 0.25) is 0 Å². The van der Waals surface area contributed by atoms with Gasteiger partial charge in [0, 0.05) is 0 Å². The largest absolute Gasteiger partial charge is 0.386 e. The summed E-state index contributed by atoms with van der Waals surface area (Å²) in [6.07, 6.45) is 9.09. The summed E-state index contributed by atoms with van der Waals surface area (Å²) in [5.74, 6) is 0.384. The Hall–Kier alpha value is -0.820. The van der Waals surface area contributed by atoms with Crippen LogP contribution in [-0.4, -0.2) is 10.7 Å². The zero-order valence-electron chi connectivity index (χ0n) is 12.1. The van der Waals surface area contributed by atoms with E-state index in [0.29, 0.717) is 5.92 Å². The standard InChI is InChI=1S/C16H28O/c1-7-16(6,17)12-15(5)11-14(4)10-8-9-13(2)3/h7,9,11,15,17H,1,8,10,12H2,2-6H3. The fourth-order valence-corrected chi connectivity index (χ4v) is 1.95. The maximum absolute atomic E-state index is 9.90. The first-order valence-corrected chi connectivity index (χ1v) is 6.43. The summed E-state index contributed by atoms with van der Waals surface area (Å²) in [5.41, 5.74) is 2.02. The average Bonchev–Trinajstić information content (AvgIpc) is 2.15. The minimum Gasteiger partial charge on any atom is -0.386 e. The normalized spacial score (nSPS) is 17.2. The van der Waals surface area contributed by atoms with Crippen molar-refractivity contribution in [3.05, 3.63) is 36.0 Å². The summed E-state index contributed by atoms with van der Waals surface area (Å²) in [7, 11) is 0. The van der Waals surface area contributed by atoms with Crippen molar-refractivity contribution in [2.24, 2.45) is 5.92 Å². The van der Waals surface area contributed by atoms with Gasteiger partial charge in [0.15, 0.2) is 0 Å². The van der Waals surface area contributed by atoms with Crippen LogP contribution in [0.4, 0.5) is 0 Å². The average molecular weight is 236 g/mol. The van der Waals surface area contributed by atoms with Crippen LogP contribution in [0.25, 0.3) is 0 Å². The van der Waals surface area contributed by atoms with Crippen molar-refractivity contribution >= 4 is 0 Å². The molecule has 0 aliphatic heterocycles. The molecule has 0 aromatic rings. The van der Waals surface area contributed by atoms with Gasteiger partial charge in [-0.05, 0) is 52.9 Å². The van der Waals surface area contributed by atoms with E-state index in [1.807, 2.05) is 6.92 Å². The van der Waals surface area contributed by atoms with Gasteiger partial charge in [-0.25, -0.2) is 0 Å². The summed E-state index contributed by atoms with van der Waals surface area (Å²) in [6, 6.07) is 0. The molecule has 2 atom stereocenters. The Morgan fingerprint density at radius 2 is 1.94 bits per heavy atom.